The van der Waals surface area contributed by atoms with Crippen molar-refractivity contribution in [1.82, 2.24) is 24.6 Å². The minimum Gasteiger partial charge on any atom is -0.396 e. The maximum atomic E-state index is 11.8. The number of amides is 1. The Morgan fingerprint density at radius 2 is 2.28 bits per heavy atom. The summed E-state index contributed by atoms with van der Waals surface area (Å²) in [7, 11) is 3.64. The number of rotatable bonds is 4. The minimum absolute atomic E-state index is 0.261. The average molecular weight is 248 g/mol. The molecule has 7 heteroatoms. The van der Waals surface area contributed by atoms with Gasteiger partial charge in [-0.2, -0.15) is 5.10 Å². The first-order valence-electron chi connectivity index (χ1n) is 5.61. The summed E-state index contributed by atoms with van der Waals surface area (Å²) in [5, 5.41) is 6.77. The van der Waals surface area contributed by atoms with Crippen molar-refractivity contribution in [2.75, 3.05) is 12.3 Å². The Morgan fingerprint density at radius 1 is 1.50 bits per heavy atom. The number of carbonyl (C=O) groups is 1. The quantitative estimate of drug-likeness (QED) is 0.777. The van der Waals surface area contributed by atoms with E-state index in [-0.39, 0.29) is 11.6 Å². The second kappa shape index (κ2) is 4.91. The topological polar surface area (TPSA) is 90.8 Å². The lowest BCUT2D eigenvalue weighted by atomic mass is 10.3. The molecule has 0 bridgehead atoms. The number of aryl methyl sites for hydroxylation is 2. The number of hydrogen-bond acceptors (Lipinski definition) is 4. The second-order valence-corrected chi connectivity index (χ2v) is 4.07. The Bertz CT molecular complexity index is 556. The lowest BCUT2D eigenvalue weighted by molar-refractivity contribution is 0.0949. The fraction of sp³-hybridized carbons (Fsp3) is 0.364. The van der Waals surface area contributed by atoms with E-state index in [1.165, 1.54) is 4.68 Å². The minimum atomic E-state index is -0.262. The monoisotopic (exact) mass is 248 g/mol. The zero-order valence-electron chi connectivity index (χ0n) is 10.4. The number of nitrogens with one attached hydrogen (secondary N) is 1. The summed E-state index contributed by atoms with van der Waals surface area (Å²) in [5.74, 6) is 0.659. The highest BCUT2D eigenvalue weighted by Gasteiger charge is 2.13. The molecule has 0 aliphatic rings. The fourth-order valence-electron chi connectivity index (χ4n) is 1.69. The van der Waals surface area contributed by atoms with Gasteiger partial charge in [0.1, 0.15) is 5.82 Å². The number of nitrogens with two attached hydrogens (primary N) is 1. The summed E-state index contributed by atoms with van der Waals surface area (Å²) in [6, 6.07) is 0. The molecule has 0 saturated heterocycles. The molecule has 0 saturated carbocycles. The van der Waals surface area contributed by atoms with E-state index in [1.54, 1.807) is 19.4 Å². The molecule has 18 heavy (non-hydrogen) atoms. The van der Waals surface area contributed by atoms with Crippen LogP contribution in [0.15, 0.2) is 18.6 Å². The highest BCUT2D eigenvalue weighted by Crippen LogP contribution is 2.07. The van der Waals surface area contributed by atoms with E-state index >= 15 is 0 Å². The number of carbonyl (C=O) groups excluding carboxylic acids is 1. The summed E-state index contributed by atoms with van der Waals surface area (Å²) in [6.07, 6.45) is 5.87. The Balaban J connectivity index is 1.89. The Morgan fingerprint density at radius 3 is 2.83 bits per heavy atom. The molecule has 1 amide bonds. The molecule has 0 fully saturated rings. The van der Waals surface area contributed by atoms with Gasteiger partial charge >= 0.3 is 0 Å². The van der Waals surface area contributed by atoms with Crippen LogP contribution in [0.2, 0.25) is 0 Å². The van der Waals surface area contributed by atoms with Crippen molar-refractivity contribution in [3.63, 3.8) is 0 Å². The number of nitrogen functional groups attached to an aromatic ring is 1. The highest BCUT2D eigenvalue weighted by molar-refractivity contribution is 5.96. The molecule has 0 atom stereocenters. The van der Waals surface area contributed by atoms with Gasteiger partial charge in [-0.3, -0.25) is 9.48 Å². The largest absolute Gasteiger partial charge is 0.396 e. The first kappa shape index (κ1) is 12.2. The number of imidazole rings is 1. The fourth-order valence-corrected chi connectivity index (χ4v) is 1.69. The van der Waals surface area contributed by atoms with Crippen molar-refractivity contribution >= 4 is 11.6 Å². The van der Waals surface area contributed by atoms with Crippen LogP contribution >= 0.6 is 0 Å². The van der Waals surface area contributed by atoms with Crippen LogP contribution in [-0.4, -0.2) is 31.8 Å². The maximum Gasteiger partial charge on any atom is 0.273 e. The molecule has 96 valence electrons. The molecule has 0 radical (unpaired) electrons. The molecular weight excluding hydrogens is 232 g/mol. The third-order valence-corrected chi connectivity index (χ3v) is 2.63. The first-order chi connectivity index (χ1) is 8.58. The molecule has 2 aromatic heterocycles. The van der Waals surface area contributed by atoms with E-state index in [4.69, 9.17) is 5.73 Å². The summed E-state index contributed by atoms with van der Waals surface area (Å²) >= 11 is 0. The van der Waals surface area contributed by atoms with Crippen LogP contribution < -0.4 is 11.1 Å². The van der Waals surface area contributed by atoms with E-state index in [0.29, 0.717) is 18.7 Å². The molecule has 2 rings (SSSR count). The molecule has 2 aromatic rings. The van der Waals surface area contributed by atoms with Crippen LogP contribution in [0.3, 0.4) is 0 Å². The molecule has 0 unspecified atom stereocenters. The van der Waals surface area contributed by atoms with E-state index in [1.807, 2.05) is 17.8 Å². The summed E-state index contributed by atoms with van der Waals surface area (Å²) in [6.45, 7) is 0.500. The van der Waals surface area contributed by atoms with Gasteiger partial charge in [0.15, 0.2) is 5.69 Å². The van der Waals surface area contributed by atoms with Gasteiger partial charge in [-0.15, -0.1) is 0 Å². The van der Waals surface area contributed by atoms with Gasteiger partial charge < -0.3 is 15.6 Å². The molecule has 0 aromatic carbocycles. The van der Waals surface area contributed by atoms with Crippen LogP contribution in [0.5, 0.6) is 0 Å². The normalized spacial score (nSPS) is 10.6. The molecule has 0 spiro atoms. The molecule has 7 nitrogen and oxygen atoms in total. The Kier molecular flexibility index (Phi) is 3.31. The molecule has 0 aliphatic heterocycles. The molecule has 2 heterocycles. The van der Waals surface area contributed by atoms with Gasteiger partial charge in [-0.1, -0.05) is 0 Å². The van der Waals surface area contributed by atoms with Gasteiger partial charge in [0.2, 0.25) is 0 Å². The highest BCUT2D eigenvalue weighted by atomic mass is 16.1. The maximum absolute atomic E-state index is 11.8. The lowest BCUT2D eigenvalue weighted by Crippen LogP contribution is -2.27. The molecule has 3 N–H and O–H groups in total. The smallest absolute Gasteiger partial charge is 0.273 e. The predicted octanol–water partition coefficient (Wildman–Crippen LogP) is -0.292. The van der Waals surface area contributed by atoms with Gasteiger partial charge in [0, 0.05) is 45.7 Å². The van der Waals surface area contributed by atoms with Gasteiger partial charge in [-0.05, 0) is 0 Å². The van der Waals surface area contributed by atoms with Crippen molar-refractivity contribution in [1.29, 1.82) is 0 Å². The zero-order valence-corrected chi connectivity index (χ0v) is 10.4. The number of hydrogen-bond donors (Lipinski definition) is 2. The zero-order chi connectivity index (χ0) is 13.1. The number of nitrogens with zero attached hydrogens (tertiary/aromatic N) is 4. The van der Waals surface area contributed by atoms with E-state index < -0.39 is 0 Å². The average Bonchev–Trinajstić information content (AvgIpc) is 2.85. The van der Waals surface area contributed by atoms with Crippen molar-refractivity contribution < 1.29 is 4.79 Å². The van der Waals surface area contributed by atoms with Crippen LogP contribution in [0, 0.1) is 0 Å². The Labute approximate surface area is 105 Å². The summed E-state index contributed by atoms with van der Waals surface area (Å²) in [4.78, 5) is 16.0. The first-order valence-corrected chi connectivity index (χ1v) is 5.61. The third kappa shape index (κ3) is 2.50. The van der Waals surface area contributed by atoms with Crippen LogP contribution in [0.1, 0.15) is 16.3 Å². The van der Waals surface area contributed by atoms with Crippen LogP contribution in [0.25, 0.3) is 0 Å². The van der Waals surface area contributed by atoms with E-state index in [0.717, 1.165) is 5.82 Å². The third-order valence-electron chi connectivity index (χ3n) is 2.63. The number of anilines is 1. The van der Waals surface area contributed by atoms with Gasteiger partial charge in [0.05, 0.1) is 5.69 Å². The van der Waals surface area contributed by atoms with Gasteiger partial charge in [0.25, 0.3) is 5.91 Å². The van der Waals surface area contributed by atoms with Crippen LogP contribution in [-0.2, 0) is 20.5 Å². The van der Waals surface area contributed by atoms with Crippen molar-refractivity contribution in [2.45, 2.75) is 6.42 Å². The SMILES string of the molecule is Cn1cc(N)c(C(=O)NCCc2nccn2C)n1. The van der Waals surface area contributed by atoms with Crippen LogP contribution in [0.4, 0.5) is 5.69 Å². The second-order valence-electron chi connectivity index (χ2n) is 4.07. The summed E-state index contributed by atoms with van der Waals surface area (Å²) in [5.41, 5.74) is 6.32. The molecular formula is C11H16N6O. The summed E-state index contributed by atoms with van der Waals surface area (Å²) < 4.78 is 3.43. The number of aromatic nitrogens is 4. The molecule has 0 aliphatic carbocycles. The Hall–Kier alpha value is -2.31. The van der Waals surface area contributed by atoms with E-state index in [9.17, 15) is 4.79 Å². The predicted molar refractivity (Wildman–Crippen MR) is 66.9 cm³/mol. The van der Waals surface area contributed by atoms with Crippen molar-refractivity contribution in [2.24, 2.45) is 14.1 Å². The lowest BCUT2D eigenvalue weighted by Gasteiger charge is -2.04. The van der Waals surface area contributed by atoms with Crippen molar-refractivity contribution in [3.8, 4) is 0 Å². The van der Waals surface area contributed by atoms with E-state index in [2.05, 4.69) is 15.4 Å². The van der Waals surface area contributed by atoms with Crippen molar-refractivity contribution in [3.05, 3.63) is 30.1 Å². The van der Waals surface area contributed by atoms with Gasteiger partial charge in [-0.25, -0.2) is 4.98 Å². The standard InChI is InChI=1S/C11H16N6O/c1-16-6-5-13-9(16)3-4-14-11(18)10-8(12)7-17(2)15-10/h5-7H,3-4,12H2,1-2H3,(H,14,18).